The largest absolute Gasteiger partial charge is 0.365 e. The summed E-state index contributed by atoms with van der Waals surface area (Å²) in [6, 6.07) is 1.75. The molecule has 0 aromatic carbocycles. The Morgan fingerprint density at radius 1 is 1.22 bits per heavy atom. The van der Waals surface area contributed by atoms with Gasteiger partial charge in [0.15, 0.2) is 0 Å². The van der Waals surface area contributed by atoms with Gasteiger partial charge >= 0.3 is 0 Å². The van der Waals surface area contributed by atoms with Crippen LogP contribution in [0.2, 0.25) is 0 Å². The maximum atomic E-state index is 12.9. The average Bonchev–Trinajstić information content (AvgIpc) is 3.28. The zero-order valence-electron chi connectivity index (χ0n) is 16.4. The molecule has 1 saturated heterocycles. The highest BCUT2D eigenvalue weighted by Gasteiger charge is 2.34. The molecule has 1 atom stereocenters. The van der Waals surface area contributed by atoms with Crippen LogP contribution in [0.3, 0.4) is 0 Å². The molecule has 1 aromatic rings. The van der Waals surface area contributed by atoms with Crippen LogP contribution < -0.4 is 0 Å². The first-order valence-corrected chi connectivity index (χ1v) is 12.1. The standard InChI is InChI=1S/C19H30N2O4S2/c1-4-17(25-16-7-5-6-8-16)19(22)20-9-11-21(12-10-20)27(23,24)18-13-14(2)26-15(18)3/h13,16-17H,4-12H2,1-3H3. The van der Waals surface area contributed by atoms with Gasteiger partial charge in [0.25, 0.3) is 5.91 Å². The number of nitrogens with zero attached hydrogens (tertiary/aromatic N) is 2. The van der Waals surface area contributed by atoms with Crippen LogP contribution in [0.1, 0.15) is 48.8 Å². The smallest absolute Gasteiger partial charge is 0.251 e. The number of carbonyl (C=O) groups is 1. The highest BCUT2D eigenvalue weighted by molar-refractivity contribution is 7.89. The minimum absolute atomic E-state index is 0.00371. The summed E-state index contributed by atoms with van der Waals surface area (Å²) < 4.78 is 33.4. The molecule has 152 valence electrons. The van der Waals surface area contributed by atoms with E-state index in [1.165, 1.54) is 28.5 Å². The van der Waals surface area contributed by atoms with Gasteiger partial charge in [0.05, 0.1) is 11.0 Å². The molecular formula is C19H30N2O4S2. The Labute approximate surface area is 166 Å². The van der Waals surface area contributed by atoms with Crippen LogP contribution in [0.4, 0.5) is 0 Å². The van der Waals surface area contributed by atoms with Crippen LogP contribution in [0.5, 0.6) is 0 Å². The predicted molar refractivity (Wildman–Crippen MR) is 107 cm³/mol. The molecule has 3 rings (SSSR count). The molecule has 1 unspecified atom stereocenters. The number of hydrogen-bond donors (Lipinski definition) is 0. The fourth-order valence-electron chi connectivity index (χ4n) is 3.94. The minimum Gasteiger partial charge on any atom is -0.365 e. The predicted octanol–water partition coefficient (Wildman–Crippen LogP) is 2.94. The minimum atomic E-state index is -3.49. The molecule has 2 aliphatic rings. The van der Waals surface area contributed by atoms with Crippen LogP contribution in [0, 0.1) is 13.8 Å². The van der Waals surface area contributed by atoms with Crippen LogP contribution >= 0.6 is 11.3 Å². The zero-order chi connectivity index (χ0) is 19.6. The van der Waals surface area contributed by atoms with Gasteiger partial charge in [0.1, 0.15) is 6.10 Å². The van der Waals surface area contributed by atoms with Gasteiger partial charge in [-0.1, -0.05) is 19.8 Å². The summed E-state index contributed by atoms with van der Waals surface area (Å²) in [4.78, 5) is 16.8. The molecule has 0 N–H and O–H groups in total. The van der Waals surface area contributed by atoms with Crippen molar-refractivity contribution in [1.29, 1.82) is 0 Å². The summed E-state index contributed by atoms with van der Waals surface area (Å²) >= 11 is 1.50. The quantitative estimate of drug-likeness (QED) is 0.718. The molecule has 2 heterocycles. The summed E-state index contributed by atoms with van der Waals surface area (Å²) in [6.45, 7) is 7.25. The fraction of sp³-hybridized carbons (Fsp3) is 0.737. The van der Waals surface area contributed by atoms with Crippen LogP contribution in [-0.4, -0.2) is 61.9 Å². The molecule has 1 amide bonds. The monoisotopic (exact) mass is 414 g/mol. The van der Waals surface area contributed by atoms with Crippen molar-refractivity contribution in [2.45, 2.75) is 70.0 Å². The Balaban J connectivity index is 1.60. The van der Waals surface area contributed by atoms with Gasteiger partial charge in [-0.05, 0) is 39.2 Å². The van der Waals surface area contributed by atoms with Crippen LogP contribution in [0.25, 0.3) is 0 Å². The normalized spacial score (nSPS) is 20.9. The third kappa shape index (κ3) is 4.55. The van der Waals surface area contributed by atoms with E-state index in [1.54, 1.807) is 11.0 Å². The number of aryl methyl sites for hydroxylation is 2. The topological polar surface area (TPSA) is 66.9 Å². The van der Waals surface area contributed by atoms with Gasteiger partial charge in [-0.15, -0.1) is 11.3 Å². The lowest BCUT2D eigenvalue weighted by Gasteiger charge is -2.36. The summed E-state index contributed by atoms with van der Waals surface area (Å²) in [5.41, 5.74) is 0. The first-order chi connectivity index (χ1) is 12.8. The number of rotatable bonds is 6. The van der Waals surface area contributed by atoms with E-state index in [4.69, 9.17) is 4.74 Å². The molecule has 1 aliphatic carbocycles. The van der Waals surface area contributed by atoms with Gasteiger partial charge in [-0.25, -0.2) is 8.42 Å². The Bertz CT molecular complexity index is 761. The van der Waals surface area contributed by atoms with E-state index in [0.717, 1.165) is 22.6 Å². The van der Waals surface area contributed by atoms with Crippen molar-refractivity contribution in [3.05, 3.63) is 15.8 Å². The maximum Gasteiger partial charge on any atom is 0.251 e. The molecular weight excluding hydrogens is 384 g/mol. The molecule has 1 aromatic heterocycles. The average molecular weight is 415 g/mol. The van der Waals surface area contributed by atoms with Crippen molar-refractivity contribution in [3.8, 4) is 0 Å². The fourth-order valence-corrected chi connectivity index (χ4v) is 6.89. The molecule has 8 heteroatoms. The van der Waals surface area contributed by atoms with E-state index in [0.29, 0.717) is 37.5 Å². The number of carbonyl (C=O) groups excluding carboxylic acids is 1. The molecule has 0 bridgehead atoms. The van der Waals surface area contributed by atoms with Gasteiger partial charge in [0, 0.05) is 35.9 Å². The van der Waals surface area contributed by atoms with E-state index in [9.17, 15) is 13.2 Å². The number of ether oxygens (including phenoxy) is 1. The Kier molecular flexibility index (Phi) is 6.61. The first kappa shape index (κ1) is 20.8. The van der Waals surface area contributed by atoms with Gasteiger partial charge in [0.2, 0.25) is 10.0 Å². The maximum absolute atomic E-state index is 12.9. The third-order valence-corrected chi connectivity index (χ3v) is 8.59. The van der Waals surface area contributed by atoms with E-state index < -0.39 is 16.1 Å². The molecule has 27 heavy (non-hydrogen) atoms. The van der Waals surface area contributed by atoms with Crippen molar-refractivity contribution in [2.75, 3.05) is 26.2 Å². The summed E-state index contributed by atoms with van der Waals surface area (Å²) in [5, 5.41) is 0. The number of piperazine rings is 1. The highest BCUT2D eigenvalue weighted by atomic mass is 32.2. The Morgan fingerprint density at radius 3 is 2.37 bits per heavy atom. The number of hydrogen-bond acceptors (Lipinski definition) is 5. The van der Waals surface area contributed by atoms with Gasteiger partial charge in [-0.2, -0.15) is 4.31 Å². The second-order valence-corrected chi connectivity index (χ2v) is 10.8. The van der Waals surface area contributed by atoms with Crippen molar-refractivity contribution >= 4 is 27.3 Å². The SMILES string of the molecule is CCC(OC1CCCC1)C(=O)N1CCN(S(=O)(=O)c2cc(C)sc2C)CC1. The molecule has 2 fully saturated rings. The third-order valence-electron chi connectivity index (χ3n) is 5.47. The lowest BCUT2D eigenvalue weighted by atomic mass is 10.2. The van der Waals surface area contributed by atoms with E-state index >= 15 is 0 Å². The summed E-state index contributed by atoms with van der Waals surface area (Å²) in [6.07, 6.45) is 4.87. The Hall–Kier alpha value is -0.960. The molecule has 0 radical (unpaired) electrons. The lowest BCUT2D eigenvalue weighted by Crippen LogP contribution is -2.53. The Morgan fingerprint density at radius 2 is 1.85 bits per heavy atom. The zero-order valence-corrected chi connectivity index (χ0v) is 18.1. The number of sulfonamides is 1. The summed E-state index contributed by atoms with van der Waals surface area (Å²) in [5.74, 6) is 0.00371. The highest BCUT2D eigenvalue weighted by Crippen LogP contribution is 2.28. The molecule has 6 nitrogen and oxygen atoms in total. The van der Waals surface area contributed by atoms with E-state index in [2.05, 4.69) is 0 Å². The molecule has 0 spiro atoms. The number of amides is 1. The van der Waals surface area contributed by atoms with E-state index in [-0.39, 0.29) is 12.0 Å². The van der Waals surface area contributed by atoms with Crippen molar-refractivity contribution in [1.82, 2.24) is 9.21 Å². The van der Waals surface area contributed by atoms with Crippen molar-refractivity contribution in [3.63, 3.8) is 0 Å². The number of thiophene rings is 1. The second kappa shape index (κ2) is 8.59. The molecule has 1 aliphatic heterocycles. The van der Waals surface area contributed by atoms with Crippen molar-refractivity contribution < 1.29 is 17.9 Å². The summed E-state index contributed by atoms with van der Waals surface area (Å²) in [7, 11) is -3.49. The van der Waals surface area contributed by atoms with Crippen LogP contribution in [0.15, 0.2) is 11.0 Å². The van der Waals surface area contributed by atoms with Gasteiger partial charge in [-0.3, -0.25) is 4.79 Å². The van der Waals surface area contributed by atoms with Gasteiger partial charge < -0.3 is 9.64 Å². The lowest BCUT2D eigenvalue weighted by molar-refractivity contribution is -0.149. The van der Waals surface area contributed by atoms with Crippen LogP contribution in [-0.2, 0) is 19.6 Å². The van der Waals surface area contributed by atoms with E-state index in [1.807, 2.05) is 20.8 Å². The first-order valence-electron chi connectivity index (χ1n) is 9.84. The molecule has 1 saturated carbocycles. The second-order valence-electron chi connectivity index (χ2n) is 7.45. The van der Waals surface area contributed by atoms with Crippen molar-refractivity contribution in [2.24, 2.45) is 0 Å².